The smallest absolute Gasteiger partial charge is 0.407 e. The first-order valence-electron chi connectivity index (χ1n) is 23.7. The third kappa shape index (κ3) is 13.7. The number of aromatic nitrogens is 1. The number of fused-ring (bicyclic) bond motifs is 1. The highest BCUT2D eigenvalue weighted by Crippen LogP contribution is 2.45. The third-order valence-electron chi connectivity index (χ3n) is 13.5. The number of aryl methyl sites for hydroxylation is 1. The summed E-state index contributed by atoms with van der Waals surface area (Å²) < 4.78 is 11.7. The quantitative estimate of drug-likeness (QED) is 0.0774. The molecule has 1 aromatic carbocycles. The van der Waals surface area contributed by atoms with Crippen LogP contribution >= 0.6 is 11.3 Å². The van der Waals surface area contributed by atoms with Gasteiger partial charge >= 0.3 is 12.1 Å². The number of allylic oxidation sites excluding steroid dienone is 3. The Bertz CT molecular complexity index is 2030. The van der Waals surface area contributed by atoms with Crippen LogP contribution in [0.3, 0.4) is 0 Å². The molecule has 0 spiro atoms. The lowest BCUT2D eigenvalue weighted by Gasteiger charge is -2.43. The Hall–Kier alpha value is -4.60. The number of aliphatic hydroxyl groups is 2. The lowest BCUT2D eigenvalue weighted by Crippen LogP contribution is -2.57. The predicted octanol–water partition coefficient (Wildman–Crippen LogP) is 6.91. The monoisotopic (exact) mass is 917 g/mol. The fourth-order valence-corrected chi connectivity index (χ4v) is 10.8. The number of nitrogens with one attached hydrogen (secondary N) is 3. The van der Waals surface area contributed by atoms with Gasteiger partial charge in [-0.25, -0.2) is 9.78 Å². The van der Waals surface area contributed by atoms with E-state index in [-0.39, 0.29) is 91.9 Å². The highest BCUT2D eigenvalue weighted by atomic mass is 32.1. The van der Waals surface area contributed by atoms with Crippen LogP contribution in [0, 0.1) is 36.0 Å². The van der Waals surface area contributed by atoms with Gasteiger partial charge in [-0.3, -0.25) is 19.2 Å². The number of thiazole rings is 1. The van der Waals surface area contributed by atoms with Crippen LogP contribution in [0.1, 0.15) is 123 Å². The van der Waals surface area contributed by atoms with Gasteiger partial charge in [0.2, 0.25) is 17.7 Å². The normalized spacial score (nSPS) is 27.0. The summed E-state index contributed by atoms with van der Waals surface area (Å²) in [4.78, 5) is 72.6. The number of esters is 1. The fourth-order valence-electron chi connectivity index (χ4n) is 9.96. The van der Waals surface area contributed by atoms with Gasteiger partial charge in [0.05, 0.1) is 34.7 Å². The molecule has 15 heteroatoms. The molecule has 2 aliphatic carbocycles. The molecule has 2 fully saturated rings. The number of hydrogen-bond donors (Lipinski definition) is 5. The maximum absolute atomic E-state index is 14.0. The second-order valence-corrected chi connectivity index (χ2v) is 20.8. The van der Waals surface area contributed by atoms with Crippen LogP contribution in [-0.4, -0.2) is 99.5 Å². The van der Waals surface area contributed by atoms with Gasteiger partial charge in [0.15, 0.2) is 0 Å². The largest absolute Gasteiger partial charge is 0.462 e. The maximum atomic E-state index is 14.0. The Kier molecular flexibility index (Phi) is 17.4. The molecule has 4 aliphatic rings. The summed E-state index contributed by atoms with van der Waals surface area (Å²) in [6.07, 6.45) is 11.2. The number of hydrogen-bond acceptors (Lipinski definition) is 11. The lowest BCUT2D eigenvalue weighted by atomic mass is 9.65. The van der Waals surface area contributed by atoms with E-state index in [1.54, 1.807) is 11.3 Å². The molecule has 2 aromatic rings. The zero-order chi connectivity index (χ0) is 46.8. The molecule has 5 N–H and O–H groups in total. The van der Waals surface area contributed by atoms with E-state index in [2.05, 4.69) is 53.0 Å². The van der Waals surface area contributed by atoms with Crippen LogP contribution < -0.4 is 16.0 Å². The number of amides is 4. The molecule has 4 amide bonds. The van der Waals surface area contributed by atoms with E-state index in [1.807, 2.05) is 57.5 Å². The molecule has 1 aromatic heterocycles. The first-order chi connectivity index (χ1) is 31.0. The number of rotatable bonds is 18. The van der Waals surface area contributed by atoms with E-state index in [0.29, 0.717) is 25.8 Å². The Morgan fingerprint density at radius 3 is 2.42 bits per heavy atom. The molecule has 0 radical (unpaired) electrons. The highest BCUT2D eigenvalue weighted by Gasteiger charge is 2.45. The molecule has 10 unspecified atom stereocenters. The number of likely N-dealkylation sites (tertiary alicyclic amines) is 1. The standard InChI is InChI=1S/C50H71N5O9S/c1-30-22-35-16-13-31(2)39(20-19-38-24-36(56)26-43(59)63-38)44(35)41(23-30)64-49(62)51-21-11-9-7-8-10-12-42(58)54-46(50(4,5)6)48(61)55-28-37(57)25-40(55)47(60)52-27-33-14-17-34(18-15-33)45-32(3)53-29-65-45/h13-18,22,29-31,36-41,44,46,56-57H,7-12,19-21,23-28H2,1-6H3,(H,51,62)(H,52,60)(H,54,58). The van der Waals surface area contributed by atoms with Crippen molar-refractivity contribution in [3.8, 4) is 10.4 Å². The molecule has 3 heterocycles. The second kappa shape index (κ2) is 22.7. The van der Waals surface area contributed by atoms with Crippen molar-refractivity contribution in [1.82, 2.24) is 25.8 Å². The van der Waals surface area contributed by atoms with E-state index < -0.39 is 35.8 Å². The Balaban J connectivity index is 0.892. The van der Waals surface area contributed by atoms with E-state index in [0.717, 1.165) is 60.2 Å². The number of unbranched alkanes of at least 4 members (excludes halogenated alkanes) is 4. The van der Waals surface area contributed by atoms with Crippen LogP contribution in [0.15, 0.2) is 53.6 Å². The van der Waals surface area contributed by atoms with Gasteiger partial charge in [-0.1, -0.05) is 96.4 Å². The first kappa shape index (κ1) is 49.8. The second-order valence-electron chi connectivity index (χ2n) is 19.9. The fraction of sp³-hybridized carbons (Fsp3) is 0.640. The number of aliphatic hydroxyl groups excluding tert-OH is 2. The first-order valence-corrected chi connectivity index (χ1v) is 24.6. The van der Waals surface area contributed by atoms with Crippen molar-refractivity contribution >= 4 is 41.1 Å². The molecule has 14 nitrogen and oxygen atoms in total. The molecule has 2 aliphatic heterocycles. The van der Waals surface area contributed by atoms with Crippen molar-refractivity contribution in [1.29, 1.82) is 0 Å². The number of β-amino-alcohol motifs (C(OH)–C–C–N with tert-alkyl or cyclic N) is 1. The molecule has 0 bridgehead atoms. The summed E-state index contributed by atoms with van der Waals surface area (Å²) in [5.74, 6) is -0.545. The number of ether oxygens (including phenoxy) is 2. The topological polar surface area (TPSA) is 196 Å². The number of carbonyl (C=O) groups excluding carboxylic acids is 5. The summed E-state index contributed by atoms with van der Waals surface area (Å²) in [5, 5.41) is 29.5. The van der Waals surface area contributed by atoms with E-state index in [4.69, 9.17) is 9.47 Å². The zero-order valence-electron chi connectivity index (χ0n) is 39.1. The number of cyclic esters (lactones) is 1. The minimum absolute atomic E-state index is 0.0131. The molecule has 356 valence electrons. The van der Waals surface area contributed by atoms with Crippen molar-refractivity contribution in [3.63, 3.8) is 0 Å². The van der Waals surface area contributed by atoms with Gasteiger partial charge in [0, 0.05) is 44.8 Å². The summed E-state index contributed by atoms with van der Waals surface area (Å²) in [5.41, 5.74) is 5.29. The van der Waals surface area contributed by atoms with Gasteiger partial charge < -0.3 is 40.5 Å². The Morgan fingerprint density at radius 1 is 0.969 bits per heavy atom. The average Bonchev–Trinajstić information content (AvgIpc) is 3.86. The zero-order valence-corrected chi connectivity index (χ0v) is 39.9. The summed E-state index contributed by atoms with van der Waals surface area (Å²) >= 11 is 1.58. The number of benzene rings is 1. The molecular formula is C50H71N5O9S. The number of nitrogens with zero attached hydrogens (tertiary/aromatic N) is 2. The Morgan fingerprint density at radius 2 is 1.71 bits per heavy atom. The minimum Gasteiger partial charge on any atom is -0.462 e. The lowest BCUT2D eigenvalue weighted by molar-refractivity contribution is -0.160. The highest BCUT2D eigenvalue weighted by molar-refractivity contribution is 7.13. The molecule has 2 saturated heterocycles. The van der Waals surface area contributed by atoms with Crippen molar-refractivity contribution in [2.75, 3.05) is 13.1 Å². The van der Waals surface area contributed by atoms with Gasteiger partial charge in [-0.2, -0.15) is 0 Å². The van der Waals surface area contributed by atoms with Crippen molar-refractivity contribution in [3.05, 3.63) is 64.8 Å². The predicted molar refractivity (Wildman–Crippen MR) is 249 cm³/mol. The van der Waals surface area contributed by atoms with Crippen molar-refractivity contribution in [2.45, 2.75) is 162 Å². The van der Waals surface area contributed by atoms with Gasteiger partial charge in [0.25, 0.3) is 0 Å². The van der Waals surface area contributed by atoms with Crippen molar-refractivity contribution in [2.24, 2.45) is 29.1 Å². The van der Waals surface area contributed by atoms with Crippen LogP contribution in [-0.2, 0) is 35.2 Å². The summed E-state index contributed by atoms with van der Waals surface area (Å²) in [6, 6.07) is 6.17. The van der Waals surface area contributed by atoms with Crippen LogP contribution in [0.25, 0.3) is 10.4 Å². The maximum Gasteiger partial charge on any atom is 0.407 e. The van der Waals surface area contributed by atoms with E-state index in [9.17, 15) is 34.2 Å². The number of carbonyl (C=O) groups is 5. The molecule has 65 heavy (non-hydrogen) atoms. The Labute approximate surface area is 388 Å². The van der Waals surface area contributed by atoms with Crippen molar-refractivity contribution < 1.29 is 43.7 Å². The van der Waals surface area contributed by atoms with Crippen LogP contribution in [0.4, 0.5) is 4.79 Å². The molecule has 10 atom stereocenters. The molecular weight excluding hydrogens is 847 g/mol. The minimum atomic E-state index is -0.884. The third-order valence-corrected chi connectivity index (χ3v) is 14.5. The van der Waals surface area contributed by atoms with Crippen LogP contribution in [0.5, 0.6) is 0 Å². The summed E-state index contributed by atoms with van der Waals surface area (Å²) in [6.45, 7) is 12.7. The van der Waals surface area contributed by atoms with Gasteiger partial charge in [-0.15, -0.1) is 11.3 Å². The van der Waals surface area contributed by atoms with Gasteiger partial charge in [-0.05, 0) is 78.9 Å². The molecule has 6 rings (SSSR count). The number of alkyl carbamates (subject to hydrolysis) is 1. The average molecular weight is 918 g/mol. The van der Waals surface area contributed by atoms with Crippen LogP contribution in [0.2, 0.25) is 0 Å². The van der Waals surface area contributed by atoms with E-state index in [1.165, 1.54) is 10.5 Å². The SMILES string of the molecule is Cc1ncsc1-c1ccc(CNC(=O)C2CC(O)CN2C(=O)C(NC(=O)CCCCCCCNC(=O)OC2CC(C)C=C3C=CC(C)C(CCC4CC(O)CC(=O)O4)C32)C(C)(C)C)cc1. The summed E-state index contributed by atoms with van der Waals surface area (Å²) in [7, 11) is 0. The molecule has 0 saturated carbocycles. The van der Waals surface area contributed by atoms with Gasteiger partial charge in [0.1, 0.15) is 24.3 Å². The van der Waals surface area contributed by atoms with E-state index >= 15 is 0 Å².